The second-order valence-electron chi connectivity index (χ2n) is 3.77. The van der Waals surface area contributed by atoms with Gasteiger partial charge >= 0.3 is 0 Å². The van der Waals surface area contributed by atoms with E-state index in [-0.39, 0.29) is 0 Å². The molecule has 0 rings (SSSR count). The predicted molar refractivity (Wildman–Crippen MR) is 81.9 cm³/mol. The van der Waals surface area contributed by atoms with Crippen molar-refractivity contribution in [3.63, 3.8) is 0 Å². The smallest absolute Gasteiger partial charge is 0.171 e. The van der Waals surface area contributed by atoms with Gasteiger partial charge in [0, 0.05) is 24.3 Å². The molecule has 0 saturated carbocycles. The Bertz CT molecular complexity index is 202. The van der Waals surface area contributed by atoms with Crippen molar-refractivity contribution >= 4 is 19.5 Å². The van der Waals surface area contributed by atoms with Crippen LogP contribution in [0.5, 0.6) is 0 Å². The SMILES string of the molecule is C=CC(C=C)[SiH2]OCCCO[SiH2]C(C=C)C=C. The lowest BCUT2D eigenvalue weighted by atomic mass is 10.4. The Balaban J connectivity index is 3.34. The minimum absolute atomic E-state index is 0.385. The van der Waals surface area contributed by atoms with E-state index in [1.54, 1.807) is 0 Å². The van der Waals surface area contributed by atoms with Crippen LogP contribution in [0.2, 0.25) is 11.1 Å². The normalized spacial score (nSPS) is 11.9. The molecule has 0 aliphatic carbocycles. The predicted octanol–water partition coefficient (Wildman–Crippen LogP) is 1.90. The van der Waals surface area contributed by atoms with Crippen molar-refractivity contribution in [1.29, 1.82) is 0 Å². The van der Waals surface area contributed by atoms with Crippen LogP contribution >= 0.6 is 0 Å². The molecule has 0 aliphatic rings. The summed E-state index contributed by atoms with van der Waals surface area (Å²) in [5.41, 5.74) is 0.771. The van der Waals surface area contributed by atoms with E-state index in [1.807, 2.05) is 24.3 Å². The first-order valence-electron chi connectivity index (χ1n) is 5.94. The summed E-state index contributed by atoms with van der Waals surface area (Å²) in [6.45, 7) is 16.5. The summed E-state index contributed by atoms with van der Waals surface area (Å²) < 4.78 is 11.3. The van der Waals surface area contributed by atoms with Gasteiger partial charge in [-0.05, 0) is 6.42 Å². The van der Waals surface area contributed by atoms with E-state index in [9.17, 15) is 0 Å². The summed E-state index contributed by atoms with van der Waals surface area (Å²) in [4.78, 5) is 0. The molecule has 0 aromatic rings. The van der Waals surface area contributed by atoms with Gasteiger partial charge < -0.3 is 8.85 Å². The maximum absolute atomic E-state index is 5.63. The Morgan fingerprint density at radius 2 is 1.12 bits per heavy atom. The number of hydrogen-bond donors (Lipinski definition) is 0. The van der Waals surface area contributed by atoms with Gasteiger partial charge in [-0.25, -0.2) is 0 Å². The molecule has 0 N–H and O–H groups in total. The molecule has 2 nitrogen and oxygen atoms in total. The molecule has 0 spiro atoms. The van der Waals surface area contributed by atoms with E-state index in [2.05, 4.69) is 26.3 Å². The highest BCUT2D eigenvalue weighted by molar-refractivity contribution is 6.31. The van der Waals surface area contributed by atoms with Crippen molar-refractivity contribution in [2.24, 2.45) is 0 Å². The molecular weight excluding hydrogens is 244 g/mol. The van der Waals surface area contributed by atoms with Gasteiger partial charge in [-0.2, -0.15) is 0 Å². The second kappa shape index (κ2) is 11.8. The Labute approximate surface area is 110 Å². The minimum atomic E-state index is -0.546. The van der Waals surface area contributed by atoms with Gasteiger partial charge in [0.15, 0.2) is 19.5 Å². The van der Waals surface area contributed by atoms with Crippen LogP contribution in [0.1, 0.15) is 6.42 Å². The third-order valence-electron chi connectivity index (χ3n) is 2.41. The molecule has 0 heterocycles. The first-order chi connectivity index (χ1) is 8.28. The average molecular weight is 269 g/mol. The molecular formula is C13H24O2Si2. The van der Waals surface area contributed by atoms with Crippen molar-refractivity contribution in [3.05, 3.63) is 50.6 Å². The number of allylic oxidation sites excluding steroid dienone is 4. The van der Waals surface area contributed by atoms with Crippen molar-refractivity contribution in [1.82, 2.24) is 0 Å². The van der Waals surface area contributed by atoms with Crippen LogP contribution in [0.15, 0.2) is 50.6 Å². The van der Waals surface area contributed by atoms with Crippen LogP contribution in [0.3, 0.4) is 0 Å². The van der Waals surface area contributed by atoms with Crippen LogP contribution in [-0.2, 0) is 8.85 Å². The molecule has 0 atom stereocenters. The van der Waals surface area contributed by atoms with E-state index < -0.39 is 19.5 Å². The topological polar surface area (TPSA) is 18.5 Å². The molecule has 0 aliphatic heterocycles. The number of rotatable bonds is 12. The van der Waals surface area contributed by atoms with Gasteiger partial charge in [-0.3, -0.25) is 0 Å². The molecule has 0 aromatic heterocycles. The van der Waals surface area contributed by atoms with Gasteiger partial charge in [0.25, 0.3) is 0 Å². The average Bonchev–Trinajstić information content (AvgIpc) is 2.37. The van der Waals surface area contributed by atoms with Crippen LogP contribution in [0.25, 0.3) is 0 Å². The van der Waals surface area contributed by atoms with Gasteiger partial charge in [0.05, 0.1) is 0 Å². The van der Waals surface area contributed by atoms with Crippen molar-refractivity contribution < 1.29 is 8.85 Å². The minimum Gasteiger partial charge on any atom is -0.423 e. The second-order valence-corrected chi connectivity index (χ2v) is 7.14. The van der Waals surface area contributed by atoms with E-state index in [0.29, 0.717) is 11.1 Å². The van der Waals surface area contributed by atoms with Crippen molar-refractivity contribution in [3.8, 4) is 0 Å². The lowest BCUT2D eigenvalue weighted by molar-refractivity contribution is 0.259. The molecule has 0 saturated heterocycles. The molecule has 0 radical (unpaired) electrons. The molecule has 96 valence electrons. The maximum Gasteiger partial charge on any atom is 0.171 e. The Hall–Kier alpha value is -0.686. The van der Waals surface area contributed by atoms with Gasteiger partial charge in [0.2, 0.25) is 0 Å². The summed E-state index contributed by atoms with van der Waals surface area (Å²) in [6, 6.07) is 0. The Kier molecular flexibility index (Phi) is 11.3. The van der Waals surface area contributed by atoms with Crippen LogP contribution < -0.4 is 0 Å². The molecule has 4 heteroatoms. The van der Waals surface area contributed by atoms with E-state index in [4.69, 9.17) is 8.85 Å². The molecule has 0 bridgehead atoms. The largest absolute Gasteiger partial charge is 0.423 e. The van der Waals surface area contributed by atoms with E-state index in [1.165, 1.54) is 0 Å². The van der Waals surface area contributed by atoms with Gasteiger partial charge in [0.1, 0.15) is 0 Å². The highest BCUT2D eigenvalue weighted by Gasteiger charge is 2.01. The fraction of sp³-hybridized carbons (Fsp3) is 0.385. The fourth-order valence-electron chi connectivity index (χ4n) is 1.17. The highest BCUT2D eigenvalue weighted by atomic mass is 28.2. The Morgan fingerprint density at radius 1 is 0.765 bits per heavy atom. The van der Waals surface area contributed by atoms with E-state index in [0.717, 1.165) is 19.6 Å². The number of hydrogen-bond acceptors (Lipinski definition) is 2. The third-order valence-corrected chi connectivity index (χ3v) is 5.56. The summed E-state index contributed by atoms with van der Waals surface area (Å²) in [5, 5.41) is 0. The molecule has 0 fully saturated rings. The summed E-state index contributed by atoms with van der Waals surface area (Å²) in [6.07, 6.45) is 8.58. The van der Waals surface area contributed by atoms with Crippen LogP contribution in [0, 0.1) is 0 Å². The van der Waals surface area contributed by atoms with Crippen molar-refractivity contribution in [2.75, 3.05) is 13.2 Å². The zero-order valence-corrected chi connectivity index (χ0v) is 13.5. The van der Waals surface area contributed by atoms with Gasteiger partial charge in [-0.1, -0.05) is 24.3 Å². The first kappa shape index (κ1) is 16.3. The molecule has 0 amide bonds. The summed E-state index contributed by atoms with van der Waals surface area (Å²) in [7, 11) is -1.09. The third kappa shape index (κ3) is 9.06. The Morgan fingerprint density at radius 3 is 1.41 bits per heavy atom. The quantitative estimate of drug-likeness (QED) is 0.306. The molecule has 0 aromatic carbocycles. The maximum atomic E-state index is 5.63. The zero-order valence-electron chi connectivity index (χ0n) is 10.6. The van der Waals surface area contributed by atoms with Gasteiger partial charge in [-0.15, -0.1) is 26.3 Å². The molecule has 17 heavy (non-hydrogen) atoms. The summed E-state index contributed by atoms with van der Waals surface area (Å²) in [5.74, 6) is 0. The monoisotopic (exact) mass is 268 g/mol. The standard InChI is InChI=1S/C13H24O2Si2/c1-5-12(6-2)16-14-10-9-11-15-17-13(7-3)8-4/h5-8,12-13H,1-4,9-11,16-17H2. The van der Waals surface area contributed by atoms with E-state index >= 15 is 0 Å². The lowest BCUT2D eigenvalue weighted by Gasteiger charge is -2.09. The van der Waals surface area contributed by atoms with Crippen LogP contribution in [0.4, 0.5) is 0 Å². The highest BCUT2D eigenvalue weighted by Crippen LogP contribution is 2.06. The first-order valence-corrected chi connectivity index (χ1v) is 8.73. The molecule has 0 unspecified atom stereocenters. The fourth-order valence-corrected chi connectivity index (χ4v) is 3.00. The zero-order chi connectivity index (χ0) is 12.9. The van der Waals surface area contributed by atoms with Crippen LogP contribution in [-0.4, -0.2) is 32.7 Å². The van der Waals surface area contributed by atoms with Crippen molar-refractivity contribution in [2.45, 2.75) is 17.5 Å². The summed E-state index contributed by atoms with van der Waals surface area (Å²) >= 11 is 0. The lowest BCUT2D eigenvalue weighted by Crippen LogP contribution is -2.10.